The summed E-state index contributed by atoms with van der Waals surface area (Å²) in [6, 6.07) is 7.22. The molecule has 2 amide bonds. The van der Waals surface area contributed by atoms with E-state index in [1.165, 1.54) is 11.3 Å². The summed E-state index contributed by atoms with van der Waals surface area (Å²) in [6.07, 6.45) is 1.56. The van der Waals surface area contributed by atoms with Gasteiger partial charge in [0, 0.05) is 16.7 Å². The van der Waals surface area contributed by atoms with Gasteiger partial charge in [0.15, 0.2) is 0 Å². The number of thiophene rings is 1. The first-order valence-corrected chi connectivity index (χ1v) is 9.56. The minimum absolute atomic E-state index is 0.0492. The highest BCUT2D eigenvalue weighted by molar-refractivity contribution is 9.10. The van der Waals surface area contributed by atoms with E-state index < -0.39 is 6.04 Å². The molecule has 1 fully saturated rings. The summed E-state index contributed by atoms with van der Waals surface area (Å²) in [4.78, 5) is 27.8. The van der Waals surface area contributed by atoms with E-state index in [0.717, 1.165) is 27.7 Å². The molecule has 1 atom stereocenters. The van der Waals surface area contributed by atoms with Gasteiger partial charge in [0.1, 0.15) is 6.04 Å². The van der Waals surface area contributed by atoms with E-state index in [2.05, 4.69) is 21.2 Å². The lowest BCUT2D eigenvalue weighted by Gasteiger charge is -2.24. The average molecular weight is 407 g/mol. The van der Waals surface area contributed by atoms with Crippen molar-refractivity contribution in [3.05, 3.63) is 50.1 Å². The average Bonchev–Trinajstić information content (AvgIpc) is 3.20. The van der Waals surface area contributed by atoms with Crippen LogP contribution in [-0.2, 0) is 4.79 Å². The number of hydrogen-bond donors (Lipinski definition) is 1. The molecule has 2 aromatic rings. The monoisotopic (exact) mass is 406 g/mol. The van der Waals surface area contributed by atoms with E-state index in [0.29, 0.717) is 17.8 Å². The molecule has 6 heteroatoms. The Morgan fingerprint density at radius 1 is 1.29 bits per heavy atom. The van der Waals surface area contributed by atoms with Crippen molar-refractivity contribution in [2.45, 2.75) is 32.7 Å². The summed E-state index contributed by atoms with van der Waals surface area (Å²) in [5.41, 5.74) is 2.84. The van der Waals surface area contributed by atoms with E-state index in [4.69, 9.17) is 0 Å². The molecule has 1 N–H and O–H groups in total. The minimum Gasteiger partial charge on any atom is -0.326 e. The van der Waals surface area contributed by atoms with Crippen LogP contribution in [0.15, 0.2) is 34.1 Å². The lowest BCUT2D eigenvalue weighted by molar-refractivity contribution is -0.119. The highest BCUT2D eigenvalue weighted by Crippen LogP contribution is 2.27. The van der Waals surface area contributed by atoms with Gasteiger partial charge in [0.25, 0.3) is 5.91 Å². The van der Waals surface area contributed by atoms with Crippen LogP contribution in [0.2, 0.25) is 0 Å². The number of likely N-dealkylation sites (tertiary alicyclic amines) is 1. The molecule has 4 nitrogen and oxygen atoms in total. The third kappa shape index (κ3) is 3.39. The van der Waals surface area contributed by atoms with Crippen LogP contribution >= 0.6 is 27.3 Å². The third-order valence-corrected chi connectivity index (χ3v) is 5.61. The summed E-state index contributed by atoms with van der Waals surface area (Å²) < 4.78 is 0.992. The summed E-state index contributed by atoms with van der Waals surface area (Å²) in [7, 11) is 0. The second-order valence-electron chi connectivity index (χ2n) is 6.04. The molecule has 1 aliphatic rings. The molecular weight excluding hydrogens is 388 g/mol. The first-order valence-electron chi connectivity index (χ1n) is 7.89. The predicted molar refractivity (Wildman–Crippen MR) is 101 cm³/mol. The van der Waals surface area contributed by atoms with Crippen molar-refractivity contribution in [1.82, 2.24) is 4.90 Å². The molecule has 0 spiro atoms. The van der Waals surface area contributed by atoms with Crippen LogP contribution in [0.25, 0.3) is 0 Å². The van der Waals surface area contributed by atoms with Crippen LogP contribution in [0.1, 0.15) is 33.6 Å². The Labute approximate surface area is 154 Å². The van der Waals surface area contributed by atoms with Gasteiger partial charge in [-0.15, -0.1) is 11.3 Å². The zero-order valence-electron chi connectivity index (χ0n) is 13.6. The zero-order valence-corrected chi connectivity index (χ0v) is 16.0. The Bertz CT molecular complexity index is 750. The number of anilines is 1. The lowest BCUT2D eigenvalue weighted by Crippen LogP contribution is -2.43. The summed E-state index contributed by atoms with van der Waals surface area (Å²) in [5, 5.41) is 4.91. The van der Waals surface area contributed by atoms with Crippen LogP contribution in [0.3, 0.4) is 0 Å². The fourth-order valence-electron chi connectivity index (χ4n) is 3.14. The van der Waals surface area contributed by atoms with Gasteiger partial charge < -0.3 is 10.2 Å². The Kier molecular flexibility index (Phi) is 5.06. The van der Waals surface area contributed by atoms with Crippen molar-refractivity contribution >= 4 is 44.8 Å². The smallest absolute Gasteiger partial charge is 0.264 e. The molecule has 1 aromatic heterocycles. The maximum Gasteiger partial charge on any atom is 0.264 e. The molecule has 0 aliphatic carbocycles. The highest BCUT2D eigenvalue weighted by Gasteiger charge is 2.35. The standard InChI is InChI=1S/C18H19BrN2O2S/c1-11-9-13(19)10-12(2)16(11)20-17(22)14-5-3-7-21(14)18(23)15-6-4-8-24-15/h4,6,8-10,14H,3,5,7H2,1-2H3,(H,20,22)/t14-/m1/s1. The molecule has 24 heavy (non-hydrogen) atoms. The van der Waals surface area contributed by atoms with Crippen molar-refractivity contribution in [1.29, 1.82) is 0 Å². The van der Waals surface area contributed by atoms with Gasteiger partial charge >= 0.3 is 0 Å². The molecule has 3 rings (SSSR count). The SMILES string of the molecule is Cc1cc(Br)cc(C)c1NC(=O)[C@H]1CCCN1C(=O)c1cccs1. The first-order chi connectivity index (χ1) is 11.5. The van der Waals surface area contributed by atoms with Crippen molar-refractivity contribution in [2.75, 3.05) is 11.9 Å². The normalized spacial score (nSPS) is 17.1. The Balaban J connectivity index is 1.78. The summed E-state index contributed by atoms with van der Waals surface area (Å²) in [6.45, 7) is 4.57. The number of carbonyl (C=O) groups is 2. The van der Waals surface area contributed by atoms with Crippen LogP contribution in [0.4, 0.5) is 5.69 Å². The number of benzene rings is 1. The van der Waals surface area contributed by atoms with E-state index in [-0.39, 0.29) is 11.8 Å². The molecule has 1 aliphatic heterocycles. The molecule has 126 valence electrons. The van der Waals surface area contributed by atoms with Gasteiger partial charge in [0.2, 0.25) is 5.91 Å². The third-order valence-electron chi connectivity index (χ3n) is 4.29. The van der Waals surface area contributed by atoms with E-state index in [1.54, 1.807) is 4.90 Å². The fraction of sp³-hybridized carbons (Fsp3) is 0.333. The van der Waals surface area contributed by atoms with Crippen molar-refractivity contribution in [3.63, 3.8) is 0 Å². The number of nitrogens with zero attached hydrogens (tertiary/aromatic N) is 1. The van der Waals surface area contributed by atoms with E-state index in [1.807, 2.05) is 43.5 Å². The number of hydrogen-bond acceptors (Lipinski definition) is 3. The Hall–Kier alpha value is -1.66. The quantitative estimate of drug-likeness (QED) is 0.822. The molecule has 2 heterocycles. The first kappa shape index (κ1) is 17.2. The van der Waals surface area contributed by atoms with Gasteiger partial charge in [-0.3, -0.25) is 9.59 Å². The van der Waals surface area contributed by atoms with Crippen LogP contribution in [0.5, 0.6) is 0 Å². The van der Waals surface area contributed by atoms with Gasteiger partial charge in [-0.05, 0) is 61.4 Å². The minimum atomic E-state index is -0.401. The Morgan fingerprint density at radius 2 is 2.00 bits per heavy atom. The number of halogens is 1. The van der Waals surface area contributed by atoms with Gasteiger partial charge in [-0.2, -0.15) is 0 Å². The topological polar surface area (TPSA) is 49.4 Å². The molecule has 0 radical (unpaired) electrons. The molecule has 0 unspecified atom stereocenters. The van der Waals surface area contributed by atoms with Crippen molar-refractivity contribution < 1.29 is 9.59 Å². The van der Waals surface area contributed by atoms with E-state index >= 15 is 0 Å². The number of carbonyl (C=O) groups excluding carboxylic acids is 2. The molecule has 0 saturated carbocycles. The van der Waals surface area contributed by atoms with Crippen molar-refractivity contribution in [2.24, 2.45) is 0 Å². The van der Waals surface area contributed by atoms with Gasteiger partial charge in [0.05, 0.1) is 4.88 Å². The number of amides is 2. The second-order valence-corrected chi connectivity index (χ2v) is 7.90. The largest absolute Gasteiger partial charge is 0.326 e. The summed E-state index contributed by atoms with van der Waals surface area (Å²) in [5.74, 6) is -0.155. The summed E-state index contributed by atoms with van der Waals surface area (Å²) >= 11 is 4.88. The molecular formula is C18H19BrN2O2S. The predicted octanol–water partition coefficient (Wildman–Crippen LogP) is 4.37. The molecule has 1 saturated heterocycles. The van der Waals surface area contributed by atoms with Crippen LogP contribution in [-0.4, -0.2) is 29.3 Å². The van der Waals surface area contributed by atoms with Crippen molar-refractivity contribution in [3.8, 4) is 0 Å². The van der Waals surface area contributed by atoms with E-state index in [9.17, 15) is 9.59 Å². The maximum absolute atomic E-state index is 12.8. The highest BCUT2D eigenvalue weighted by atomic mass is 79.9. The van der Waals surface area contributed by atoms with Gasteiger partial charge in [-0.1, -0.05) is 22.0 Å². The number of nitrogens with one attached hydrogen (secondary N) is 1. The fourth-order valence-corrected chi connectivity index (χ4v) is 4.50. The molecule has 0 bridgehead atoms. The molecule has 1 aromatic carbocycles. The number of aryl methyl sites for hydroxylation is 2. The maximum atomic E-state index is 12.8. The van der Waals surface area contributed by atoms with Gasteiger partial charge in [-0.25, -0.2) is 0 Å². The lowest BCUT2D eigenvalue weighted by atomic mass is 10.1. The van der Waals surface area contributed by atoms with Crippen LogP contribution < -0.4 is 5.32 Å². The Morgan fingerprint density at radius 3 is 2.62 bits per heavy atom. The van der Waals surface area contributed by atoms with Crippen LogP contribution in [0, 0.1) is 13.8 Å². The number of rotatable bonds is 3. The zero-order chi connectivity index (χ0) is 17.3. The second kappa shape index (κ2) is 7.07.